The summed E-state index contributed by atoms with van der Waals surface area (Å²) in [7, 11) is 0. The Morgan fingerprint density at radius 3 is 2.94 bits per heavy atom. The molecule has 2 heterocycles. The number of rotatable bonds is 5. The maximum atomic E-state index is 3.79. The number of nitrogens with zero attached hydrogens (tertiary/aromatic N) is 1. The molecular formula is C14H28N2S. The number of piperidine rings is 1. The molecule has 3 heteroatoms. The third kappa shape index (κ3) is 4.15. The monoisotopic (exact) mass is 256 g/mol. The van der Waals surface area contributed by atoms with E-state index in [9.17, 15) is 0 Å². The van der Waals surface area contributed by atoms with E-state index in [1.165, 1.54) is 57.6 Å². The standard InChI is InChI=1S/C14H28N2S/c1-3-16-8-4-6-13(11-16)12(2)15-10-14-7-5-9-17-14/h12-15H,3-11H2,1-2H3. The normalized spacial score (nSPS) is 32.8. The molecule has 0 aromatic rings. The molecule has 0 saturated carbocycles. The molecule has 2 rings (SSSR count). The molecule has 0 bridgehead atoms. The first-order chi connectivity index (χ1) is 8.29. The average molecular weight is 256 g/mol. The van der Waals surface area contributed by atoms with Crippen molar-refractivity contribution in [3.8, 4) is 0 Å². The summed E-state index contributed by atoms with van der Waals surface area (Å²) in [5.74, 6) is 2.25. The predicted molar refractivity (Wildman–Crippen MR) is 77.8 cm³/mol. The number of likely N-dealkylation sites (tertiary alicyclic amines) is 1. The van der Waals surface area contributed by atoms with E-state index < -0.39 is 0 Å². The number of hydrogen-bond donors (Lipinski definition) is 1. The zero-order chi connectivity index (χ0) is 12.1. The van der Waals surface area contributed by atoms with Gasteiger partial charge in [0.15, 0.2) is 0 Å². The van der Waals surface area contributed by atoms with Crippen LogP contribution in [0.5, 0.6) is 0 Å². The second-order valence-electron chi connectivity index (χ2n) is 5.63. The Morgan fingerprint density at radius 2 is 2.24 bits per heavy atom. The molecular weight excluding hydrogens is 228 g/mol. The summed E-state index contributed by atoms with van der Waals surface area (Å²) in [5.41, 5.74) is 0. The molecule has 3 atom stereocenters. The van der Waals surface area contributed by atoms with Gasteiger partial charge in [-0.1, -0.05) is 6.92 Å². The first-order valence-electron chi connectivity index (χ1n) is 7.37. The molecule has 1 N–H and O–H groups in total. The molecule has 2 aliphatic rings. The second-order valence-corrected chi connectivity index (χ2v) is 7.04. The van der Waals surface area contributed by atoms with Crippen LogP contribution in [0, 0.1) is 5.92 Å². The van der Waals surface area contributed by atoms with Crippen molar-refractivity contribution in [2.24, 2.45) is 5.92 Å². The highest BCUT2D eigenvalue weighted by molar-refractivity contribution is 8.00. The maximum Gasteiger partial charge on any atom is 0.0172 e. The summed E-state index contributed by atoms with van der Waals surface area (Å²) in [5, 5.41) is 4.68. The third-order valence-electron chi connectivity index (χ3n) is 4.39. The minimum absolute atomic E-state index is 0.700. The van der Waals surface area contributed by atoms with Crippen LogP contribution in [0.1, 0.15) is 39.5 Å². The van der Waals surface area contributed by atoms with Gasteiger partial charge in [0, 0.05) is 24.4 Å². The van der Waals surface area contributed by atoms with Crippen molar-refractivity contribution in [2.75, 3.05) is 31.9 Å². The molecule has 100 valence electrons. The van der Waals surface area contributed by atoms with E-state index in [4.69, 9.17) is 0 Å². The van der Waals surface area contributed by atoms with Gasteiger partial charge in [0.2, 0.25) is 0 Å². The SMILES string of the molecule is CCN1CCCC(C(C)NCC2CCCS2)C1. The average Bonchev–Trinajstić information content (AvgIpc) is 2.89. The Labute approximate surface area is 111 Å². The molecule has 2 aliphatic heterocycles. The van der Waals surface area contributed by atoms with E-state index in [1.807, 2.05) is 0 Å². The highest BCUT2D eigenvalue weighted by atomic mass is 32.2. The van der Waals surface area contributed by atoms with Crippen LogP contribution >= 0.6 is 11.8 Å². The first-order valence-corrected chi connectivity index (χ1v) is 8.41. The van der Waals surface area contributed by atoms with Gasteiger partial charge in [0.05, 0.1) is 0 Å². The van der Waals surface area contributed by atoms with Crippen molar-refractivity contribution in [3.05, 3.63) is 0 Å². The van der Waals surface area contributed by atoms with Crippen LogP contribution < -0.4 is 5.32 Å². The van der Waals surface area contributed by atoms with Gasteiger partial charge in [-0.15, -0.1) is 0 Å². The Bertz CT molecular complexity index is 216. The van der Waals surface area contributed by atoms with Crippen LogP contribution in [0.15, 0.2) is 0 Å². The molecule has 0 spiro atoms. The van der Waals surface area contributed by atoms with Gasteiger partial charge in [-0.3, -0.25) is 0 Å². The first kappa shape index (κ1) is 13.7. The van der Waals surface area contributed by atoms with Gasteiger partial charge >= 0.3 is 0 Å². The lowest BCUT2D eigenvalue weighted by Gasteiger charge is -2.35. The van der Waals surface area contributed by atoms with E-state index >= 15 is 0 Å². The van der Waals surface area contributed by atoms with Crippen LogP contribution in [0.25, 0.3) is 0 Å². The van der Waals surface area contributed by atoms with E-state index in [2.05, 4.69) is 35.8 Å². The number of hydrogen-bond acceptors (Lipinski definition) is 3. The fourth-order valence-electron chi connectivity index (χ4n) is 3.08. The minimum atomic E-state index is 0.700. The van der Waals surface area contributed by atoms with Gasteiger partial charge in [0.1, 0.15) is 0 Å². The number of thioether (sulfide) groups is 1. The summed E-state index contributed by atoms with van der Waals surface area (Å²) in [6.45, 7) is 9.76. The van der Waals surface area contributed by atoms with Crippen molar-refractivity contribution in [1.82, 2.24) is 10.2 Å². The Kier molecular flexibility index (Phi) is 5.64. The van der Waals surface area contributed by atoms with Gasteiger partial charge in [-0.05, 0) is 57.4 Å². The molecule has 2 fully saturated rings. The summed E-state index contributed by atoms with van der Waals surface area (Å²) >= 11 is 2.16. The molecule has 0 amide bonds. The van der Waals surface area contributed by atoms with E-state index in [0.29, 0.717) is 6.04 Å². The summed E-state index contributed by atoms with van der Waals surface area (Å²) < 4.78 is 0. The molecule has 3 unspecified atom stereocenters. The lowest BCUT2D eigenvalue weighted by atomic mass is 9.91. The zero-order valence-corrected chi connectivity index (χ0v) is 12.3. The van der Waals surface area contributed by atoms with E-state index in [-0.39, 0.29) is 0 Å². The van der Waals surface area contributed by atoms with Gasteiger partial charge < -0.3 is 10.2 Å². The Balaban J connectivity index is 1.68. The highest BCUT2D eigenvalue weighted by Gasteiger charge is 2.24. The molecule has 0 radical (unpaired) electrons. The van der Waals surface area contributed by atoms with Crippen LogP contribution in [-0.2, 0) is 0 Å². The van der Waals surface area contributed by atoms with Crippen LogP contribution in [0.2, 0.25) is 0 Å². The largest absolute Gasteiger partial charge is 0.313 e. The third-order valence-corrected chi connectivity index (χ3v) is 5.79. The van der Waals surface area contributed by atoms with Gasteiger partial charge in [0.25, 0.3) is 0 Å². The molecule has 17 heavy (non-hydrogen) atoms. The fourth-order valence-corrected chi connectivity index (χ4v) is 4.29. The van der Waals surface area contributed by atoms with Crippen molar-refractivity contribution in [1.29, 1.82) is 0 Å². The van der Waals surface area contributed by atoms with E-state index in [1.54, 1.807) is 0 Å². The van der Waals surface area contributed by atoms with Gasteiger partial charge in [-0.2, -0.15) is 11.8 Å². The summed E-state index contributed by atoms with van der Waals surface area (Å²) in [6, 6.07) is 0.700. The quantitative estimate of drug-likeness (QED) is 0.814. The van der Waals surface area contributed by atoms with E-state index in [0.717, 1.165) is 11.2 Å². The van der Waals surface area contributed by atoms with Crippen molar-refractivity contribution in [3.63, 3.8) is 0 Å². The molecule has 0 aliphatic carbocycles. The minimum Gasteiger partial charge on any atom is -0.313 e. The summed E-state index contributed by atoms with van der Waals surface area (Å²) in [6.07, 6.45) is 5.67. The molecule has 0 aromatic carbocycles. The lowest BCUT2D eigenvalue weighted by molar-refractivity contribution is 0.157. The van der Waals surface area contributed by atoms with Crippen LogP contribution in [-0.4, -0.2) is 48.1 Å². The molecule has 2 saturated heterocycles. The number of nitrogens with one attached hydrogen (secondary N) is 1. The summed E-state index contributed by atoms with van der Waals surface area (Å²) in [4.78, 5) is 2.61. The van der Waals surface area contributed by atoms with Crippen LogP contribution in [0.3, 0.4) is 0 Å². The topological polar surface area (TPSA) is 15.3 Å². The van der Waals surface area contributed by atoms with Crippen molar-refractivity contribution < 1.29 is 0 Å². The molecule has 2 nitrogen and oxygen atoms in total. The smallest absolute Gasteiger partial charge is 0.0172 e. The second kappa shape index (κ2) is 7.01. The lowest BCUT2D eigenvalue weighted by Crippen LogP contribution is -2.45. The van der Waals surface area contributed by atoms with Crippen molar-refractivity contribution >= 4 is 11.8 Å². The predicted octanol–water partition coefficient (Wildman–Crippen LogP) is 2.59. The zero-order valence-electron chi connectivity index (χ0n) is 11.5. The maximum absolute atomic E-state index is 3.79. The Hall–Kier alpha value is 0.270. The highest BCUT2D eigenvalue weighted by Crippen LogP contribution is 2.26. The van der Waals surface area contributed by atoms with Crippen molar-refractivity contribution in [2.45, 2.75) is 50.8 Å². The van der Waals surface area contributed by atoms with Crippen LogP contribution in [0.4, 0.5) is 0 Å². The molecule has 0 aromatic heterocycles. The van der Waals surface area contributed by atoms with Gasteiger partial charge in [-0.25, -0.2) is 0 Å². The Morgan fingerprint density at radius 1 is 1.35 bits per heavy atom. The fraction of sp³-hybridized carbons (Fsp3) is 1.00.